The zero-order valence-electron chi connectivity index (χ0n) is 23.9. The van der Waals surface area contributed by atoms with E-state index in [1.165, 1.54) is 18.2 Å². The number of carboxylic acid groups (broad SMARTS) is 2. The number of hydrogen-bond acceptors (Lipinski definition) is 10. The summed E-state index contributed by atoms with van der Waals surface area (Å²) in [5.41, 5.74) is 2.74. The Morgan fingerprint density at radius 2 is 1.78 bits per heavy atom. The number of aliphatic carboxylic acids is 1. The van der Waals surface area contributed by atoms with Crippen molar-refractivity contribution in [3.63, 3.8) is 0 Å². The first kappa shape index (κ1) is 34.0. The van der Waals surface area contributed by atoms with Crippen LogP contribution in [0.5, 0.6) is 0 Å². The molecule has 46 heavy (non-hydrogen) atoms. The fourth-order valence-corrected chi connectivity index (χ4v) is 5.66. The van der Waals surface area contributed by atoms with Gasteiger partial charge in [-0.05, 0) is 69.0 Å². The highest BCUT2D eigenvalue weighted by molar-refractivity contribution is 7.17. The normalized spacial score (nSPS) is 14.4. The van der Waals surface area contributed by atoms with Crippen LogP contribution in [0.4, 0.5) is 17.6 Å². The molecule has 0 spiro atoms. The molecule has 1 aliphatic heterocycles. The van der Waals surface area contributed by atoms with Gasteiger partial charge in [0.2, 0.25) is 0 Å². The summed E-state index contributed by atoms with van der Waals surface area (Å²) in [5, 5.41) is 24.0. The van der Waals surface area contributed by atoms with Gasteiger partial charge in [0.25, 0.3) is 0 Å². The molecular formula is C29H26F4N4O8S. The molecule has 17 heteroatoms. The number of carbonyl (C=O) groups excluding carboxylic acids is 1. The van der Waals surface area contributed by atoms with E-state index in [2.05, 4.69) is 15.5 Å². The molecule has 5 rings (SSSR count). The van der Waals surface area contributed by atoms with Crippen LogP contribution in [0.15, 0.2) is 45.7 Å². The minimum Gasteiger partial charge on any atom is -0.477 e. The summed E-state index contributed by atoms with van der Waals surface area (Å²) < 4.78 is 55.5. The molecule has 4 aromatic rings. The molecule has 4 N–H and O–H groups in total. The van der Waals surface area contributed by atoms with E-state index in [9.17, 15) is 37.1 Å². The number of benzene rings is 1. The second-order valence-electron chi connectivity index (χ2n) is 9.78. The van der Waals surface area contributed by atoms with Crippen molar-refractivity contribution < 1.29 is 51.4 Å². The number of aromatic carboxylic acids is 1. The number of esters is 1. The number of halogens is 4. The maximum absolute atomic E-state index is 13.5. The molecular weight excluding hydrogens is 640 g/mol. The van der Waals surface area contributed by atoms with Crippen molar-refractivity contribution in [3.8, 4) is 21.8 Å². The summed E-state index contributed by atoms with van der Waals surface area (Å²) in [6.07, 6.45) is -2.64. The van der Waals surface area contributed by atoms with Crippen LogP contribution in [0, 0.1) is 5.82 Å². The molecule has 3 aromatic heterocycles. The van der Waals surface area contributed by atoms with E-state index in [-0.39, 0.29) is 34.7 Å². The first-order valence-corrected chi connectivity index (χ1v) is 14.5. The molecule has 0 amide bonds. The Balaban J connectivity index is 0.000000617. The summed E-state index contributed by atoms with van der Waals surface area (Å²) in [7, 11) is 0. The number of carbonyl (C=O) groups is 3. The van der Waals surface area contributed by atoms with Crippen LogP contribution in [0.1, 0.15) is 62.8 Å². The minimum atomic E-state index is -5.08. The predicted octanol–water partition coefficient (Wildman–Crippen LogP) is 5.01. The van der Waals surface area contributed by atoms with E-state index in [0.29, 0.717) is 40.2 Å². The van der Waals surface area contributed by atoms with Crippen molar-refractivity contribution in [1.29, 1.82) is 0 Å². The van der Waals surface area contributed by atoms with Gasteiger partial charge in [-0.1, -0.05) is 17.3 Å². The number of aryl methyl sites for hydroxylation is 2. The average molecular weight is 667 g/mol. The zero-order chi connectivity index (χ0) is 33.6. The first-order valence-electron chi connectivity index (χ1n) is 13.7. The molecule has 1 aliphatic rings. The van der Waals surface area contributed by atoms with Gasteiger partial charge in [0, 0.05) is 10.4 Å². The Bertz CT molecular complexity index is 1780. The lowest BCUT2D eigenvalue weighted by atomic mass is 9.91. The standard InChI is InChI=1S/C27H25FN4O6S.C2HF3O2/c1-2-37-26(35)22-21(18-11-12-19(39-18)25(33)34)20(24-31-27(36)38-32-24)16(30-23(22)17-4-3-13-29-17)10-7-14-5-8-15(28)9-6-14;3-2(4,5)1(6)7/h5-6,8-9,11-12,17,29H,2-4,7,10,13H2,1H3,(H,33,34)(H,31,32,36);(H,6,7)/t17-;/m0./s1. The monoisotopic (exact) mass is 666 g/mol. The predicted molar refractivity (Wildman–Crippen MR) is 154 cm³/mol. The maximum atomic E-state index is 13.5. The molecule has 4 heterocycles. The largest absolute Gasteiger partial charge is 0.490 e. The third kappa shape index (κ3) is 8.02. The number of hydrogen-bond donors (Lipinski definition) is 4. The van der Waals surface area contributed by atoms with Crippen molar-refractivity contribution in [3.05, 3.63) is 80.2 Å². The summed E-state index contributed by atoms with van der Waals surface area (Å²) in [4.78, 5) is 54.2. The zero-order valence-corrected chi connectivity index (χ0v) is 24.8. The lowest BCUT2D eigenvalue weighted by molar-refractivity contribution is -0.192. The van der Waals surface area contributed by atoms with Gasteiger partial charge in [0.15, 0.2) is 5.82 Å². The van der Waals surface area contributed by atoms with E-state index in [1.807, 2.05) is 0 Å². The first-order chi connectivity index (χ1) is 21.8. The molecule has 0 bridgehead atoms. The summed E-state index contributed by atoms with van der Waals surface area (Å²) in [5.74, 6) is -5.57. The second-order valence-corrected chi connectivity index (χ2v) is 10.9. The lowest BCUT2D eigenvalue weighted by Gasteiger charge is -2.22. The molecule has 1 fully saturated rings. The summed E-state index contributed by atoms with van der Waals surface area (Å²) >= 11 is 0.988. The quantitative estimate of drug-likeness (QED) is 0.139. The summed E-state index contributed by atoms with van der Waals surface area (Å²) in [6.45, 7) is 2.55. The van der Waals surface area contributed by atoms with Crippen LogP contribution in [-0.2, 0) is 22.4 Å². The molecule has 0 saturated carbocycles. The van der Waals surface area contributed by atoms with Gasteiger partial charge in [-0.2, -0.15) is 13.2 Å². The number of nitrogens with zero attached hydrogens (tertiary/aromatic N) is 2. The Morgan fingerprint density at radius 3 is 2.30 bits per heavy atom. The van der Waals surface area contributed by atoms with Crippen molar-refractivity contribution in [2.24, 2.45) is 0 Å². The summed E-state index contributed by atoms with van der Waals surface area (Å²) in [6, 6.07) is 8.94. The van der Waals surface area contributed by atoms with E-state index in [4.69, 9.17) is 24.1 Å². The SMILES string of the molecule is CCOC(=O)c1c([C@@H]2CCCN2)nc(CCc2ccc(F)cc2)c(-c2noc(=O)[nH]2)c1-c1ccc(C(=O)O)s1.O=C(O)C(F)(F)F. The Hall–Kier alpha value is -4.90. The molecule has 1 aromatic carbocycles. The van der Waals surface area contributed by atoms with E-state index < -0.39 is 29.8 Å². The number of H-pyrrole nitrogens is 1. The van der Waals surface area contributed by atoms with Crippen LogP contribution in [-0.4, -0.2) is 62.6 Å². The van der Waals surface area contributed by atoms with Crippen molar-refractivity contribution in [2.45, 2.75) is 44.8 Å². The Labute approximate surface area is 261 Å². The number of pyridine rings is 1. The smallest absolute Gasteiger partial charge is 0.477 e. The average Bonchev–Trinajstić information content (AvgIpc) is 3.79. The van der Waals surface area contributed by atoms with Crippen LogP contribution < -0.4 is 11.1 Å². The van der Waals surface area contributed by atoms with Crippen LogP contribution >= 0.6 is 11.3 Å². The third-order valence-electron chi connectivity index (χ3n) is 6.72. The van der Waals surface area contributed by atoms with Gasteiger partial charge in [-0.3, -0.25) is 14.5 Å². The fourth-order valence-electron chi connectivity index (χ4n) is 4.76. The molecule has 0 unspecified atom stereocenters. The highest BCUT2D eigenvalue weighted by atomic mass is 32.1. The maximum Gasteiger partial charge on any atom is 0.490 e. The molecule has 12 nitrogen and oxygen atoms in total. The minimum absolute atomic E-state index is 0.0540. The number of aromatic amines is 1. The number of alkyl halides is 3. The third-order valence-corrected chi connectivity index (χ3v) is 7.81. The van der Waals surface area contributed by atoms with E-state index in [0.717, 1.165) is 36.3 Å². The van der Waals surface area contributed by atoms with Gasteiger partial charge in [-0.15, -0.1) is 11.3 Å². The molecule has 1 saturated heterocycles. The number of ether oxygens (including phenoxy) is 1. The number of thiophene rings is 1. The Kier molecular flexibility index (Phi) is 10.7. The number of carboxylic acids is 2. The number of aromatic nitrogens is 3. The topological polar surface area (TPSA) is 185 Å². The fraction of sp³-hybridized carbons (Fsp3) is 0.310. The highest BCUT2D eigenvalue weighted by Gasteiger charge is 2.38. The van der Waals surface area contributed by atoms with Gasteiger partial charge in [0.1, 0.15) is 10.7 Å². The molecule has 1 atom stereocenters. The van der Waals surface area contributed by atoms with Crippen LogP contribution in [0.3, 0.4) is 0 Å². The van der Waals surface area contributed by atoms with Crippen molar-refractivity contribution >= 4 is 29.2 Å². The lowest BCUT2D eigenvalue weighted by Crippen LogP contribution is -2.22. The molecule has 0 radical (unpaired) electrons. The molecule has 244 valence electrons. The van der Waals surface area contributed by atoms with Gasteiger partial charge in [-0.25, -0.2) is 23.6 Å². The van der Waals surface area contributed by atoms with Gasteiger partial charge >= 0.3 is 29.8 Å². The van der Waals surface area contributed by atoms with E-state index >= 15 is 0 Å². The second kappa shape index (κ2) is 14.5. The highest BCUT2D eigenvalue weighted by Crippen LogP contribution is 2.43. The number of rotatable bonds is 9. The Morgan fingerprint density at radius 1 is 1.09 bits per heavy atom. The molecule has 0 aliphatic carbocycles. The van der Waals surface area contributed by atoms with Gasteiger partial charge in [0.05, 0.1) is 35.2 Å². The van der Waals surface area contributed by atoms with Crippen LogP contribution in [0.25, 0.3) is 21.8 Å². The van der Waals surface area contributed by atoms with Crippen LogP contribution in [0.2, 0.25) is 0 Å². The van der Waals surface area contributed by atoms with Crippen molar-refractivity contribution in [1.82, 2.24) is 20.4 Å². The van der Waals surface area contributed by atoms with Gasteiger partial charge < -0.3 is 20.3 Å². The number of nitrogens with one attached hydrogen (secondary N) is 2. The van der Waals surface area contributed by atoms with E-state index in [1.54, 1.807) is 25.1 Å². The van der Waals surface area contributed by atoms with Crippen molar-refractivity contribution in [2.75, 3.05) is 13.2 Å².